The van der Waals surface area contributed by atoms with Crippen molar-refractivity contribution in [1.82, 2.24) is 5.32 Å². The van der Waals surface area contributed by atoms with E-state index >= 15 is 0 Å². The van der Waals surface area contributed by atoms with E-state index in [1.165, 1.54) is 6.07 Å². The Kier molecular flexibility index (Phi) is 5.55. The van der Waals surface area contributed by atoms with Crippen molar-refractivity contribution in [2.45, 2.75) is 50.5 Å². The second kappa shape index (κ2) is 7.11. The van der Waals surface area contributed by atoms with Crippen molar-refractivity contribution >= 4 is 5.91 Å². The molecule has 2 atom stereocenters. The predicted molar refractivity (Wildman–Crippen MR) is 84.4 cm³/mol. The summed E-state index contributed by atoms with van der Waals surface area (Å²) in [6.07, 6.45) is -3.67. The summed E-state index contributed by atoms with van der Waals surface area (Å²) in [5, 5.41) is 2.78. The molecular formula is C17H23F3N2O2. The van der Waals surface area contributed by atoms with Gasteiger partial charge in [0, 0.05) is 18.5 Å². The molecule has 0 saturated carbocycles. The quantitative estimate of drug-likeness (QED) is 0.863. The summed E-state index contributed by atoms with van der Waals surface area (Å²) in [5.74, 6) is -0.244. The highest BCUT2D eigenvalue weighted by Crippen LogP contribution is 2.32. The van der Waals surface area contributed by atoms with E-state index in [0.29, 0.717) is 18.5 Å². The molecule has 0 radical (unpaired) electrons. The standard InChI is InChI=1S/C17H23F3N2O2/c1-16(2,11-4-3-5-12(8-11)17(18,19)20)10-22-15(23)14-7-6-13(9-21)24-14/h3-5,8,13-14H,6-7,9-10,21H2,1-2H3,(H,22,23)/t13-,14+/m1/s1. The SMILES string of the molecule is CC(C)(CNC(=O)[C@@H]1CC[C@H](CN)O1)c1cccc(C(F)(F)F)c1. The Balaban J connectivity index is 2.00. The molecule has 0 aromatic heterocycles. The van der Waals surface area contributed by atoms with Crippen LogP contribution in [0.4, 0.5) is 13.2 Å². The second-order valence-electron chi connectivity index (χ2n) is 6.74. The first-order valence-electron chi connectivity index (χ1n) is 7.94. The fourth-order valence-corrected chi connectivity index (χ4v) is 2.71. The molecule has 1 fully saturated rings. The third-order valence-electron chi connectivity index (χ3n) is 4.34. The number of hydrogen-bond donors (Lipinski definition) is 2. The predicted octanol–water partition coefficient (Wildman–Crippen LogP) is 2.61. The van der Waals surface area contributed by atoms with Crippen LogP contribution in [0.25, 0.3) is 0 Å². The Bertz CT molecular complexity index is 587. The summed E-state index contributed by atoms with van der Waals surface area (Å²) in [6.45, 7) is 4.18. The molecule has 7 heteroatoms. The van der Waals surface area contributed by atoms with E-state index in [2.05, 4.69) is 5.32 Å². The minimum absolute atomic E-state index is 0.0998. The Morgan fingerprint density at radius 2 is 1.96 bits per heavy atom. The molecule has 134 valence electrons. The lowest BCUT2D eigenvalue weighted by Crippen LogP contribution is -2.42. The van der Waals surface area contributed by atoms with E-state index < -0.39 is 23.3 Å². The van der Waals surface area contributed by atoms with Crippen LogP contribution in [0.15, 0.2) is 24.3 Å². The summed E-state index contributed by atoms with van der Waals surface area (Å²) >= 11 is 0. The lowest BCUT2D eigenvalue weighted by molar-refractivity contribution is -0.137. The topological polar surface area (TPSA) is 64.4 Å². The van der Waals surface area contributed by atoms with Gasteiger partial charge in [-0.25, -0.2) is 0 Å². The zero-order chi connectivity index (χ0) is 18.0. The van der Waals surface area contributed by atoms with Crippen molar-refractivity contribution in [3.05, 3.63) is 35.4 Å². The maximum Gasteiger partial charge on any atom is 0.416 e. The Morgan fingerprint density at radius 1 is 1.29 bits per heavy atom. The Hall–Kier alpha value is -1.60. The summed E-state index contributed by atoms with van der Waals surface area (Å²) in [4.78, 5) is 12.2. The third-order valence-corrected chi connectivity index (χ3v) is 4.34. The Morgan fingerprint density at radius 3 is 2.54 bits per heavy atom. The molecule has 1 saturated heterocycles. The fraction of sp³-hybridized carbons (Fsp3) is 0.588. The van der Waals surface area contributed by atoms with E-state index in [-0.39, 0.29) is 18.6 Å². The highest BCUT2D eigenvalue weighted by atomic mass is 19.4. The fourth-order valence-electron chi connectivity index (χ4n) is 2.71. The highest BCUT2D eigenvalue weighted by molar-refractivity contribution is 5.81. The van der Waals surface area contributed by atoms with Crippen LogP contribution in [0.3, 0.4) is 0 Å². The summed E-state index contributed by atoms with van der Waals surface area (Å²) in [6, 6.07) is 5.19. The number of benzene rings is 1. The lowest BCUT2D eigenvalue weighted by Gasteiger charge is -2.27. The largest absolute Gasteiger partial charge is 0.416 e. The molecular weight excluding hydrogens is 321 g/mol. The number of amides is 1. The van der Waals surface area contributed by atoms with Gasteiger partial charge < -0.3 is 15.8 Å². The van der Waals surface area contributed by atoms with E-state index in [4.69, 9.17) is 10.5 Å². The van der Waals surface area contributed by atoms with Crippen LogP contribution in [0.2, 0.25) is 0 Å². The third kappa shape index (κ3) is 4.48. The van der Waals surface area contributed by atoms with Crippen molar-refractivity contribution in [3.8, 4) is 0 Å². The van der Waals surface area contributed by atoms with Crippen LogP contribution in [-0.4, -0.2) is 31.2 Å². The number of rotatable bonds is 5. The van der Waals surface area contributed by atoms with Gasteiger partial charge in [0.25, 0.3) is 0 Å². The average molecular weight is 344 g/mol. The van der Waals surface area contributed by atoms with E-state index in [1.54, 1.807) is 19.9 Å². The molecule has 4 nitrogen and oxygen atoms in total. The van der Waals surface area contributed by atoms with Crippen LogP contribution in [0.1, 0.15) is 37.8 Å². The van der Waals surface area contributed by atoms with Gasteiger partial charge in [0.1, 0.15) is 6.10 Å². The average Bonchev–Trinajstić information content (AvgIpc) is 3.01. The molecule has 1 aromatic rings. The van der Waals surface area contributed by atoms with Gasteiger partial charge in [-0.2, -0.15) is 13.2 Å². The van der Waals surface area contributed by atoms with Crippen LogP contribution in [0.5, 0.6) is 0 Å². The minimum Gasteiger partial charge on any atom is -0.364 e. The van der Waals surface area contributed by atoms with E-state index in [9.17, 15) is 18.0 Å². The monoisotopic (exact) mass is 344 g/mol. The van der Waals surface area contributed by atoms with E-state index in [1.807, 2.05) is 0 Å². The number of nitrogens with one attached hydrogen (secondary N) is 1. The van der Waals surface area contributed by atoms with Crippen molar-refractivity contribution in [1.29, 1.82) is 0 Å². The lowest BCUT2D eigenvalue weighted by atomic mass is 9.83. The van der Waals surface area contributed by atoms with Gasteiger partial charge in [-0.05, 0) is 24.5 Å². The molecule has 1 aliphatic heterocycles. The summed E-state index contributed by atoms with van der Waals surface area (Å²) in [7, 11) is 0. The summed E-state index contributed by atoms with van der Waals surface area (Å²) in [5.41, 5.74) is 4.71. The van der Waals surface area contributed by atoms with Gasteiger partial charge in [-0.3, -0.25) is 4.79 Å². The molecule has 0 spiro atoms. The van der Waals surface area contributed by atoms with Gasteiger partial charge >= 0.3 is 6.18 Å². The maximum absolute atomic E-state index is 12.8. The number of nitrogens with two attached hydrogens (primary N) is 1. The number of alkyl halides is 3. The second-order valence-corrected chi connectivity index (χ2v) is 6.74. The van der Waals surface area contributed by atoms with Crippen LogP contribution >= 0.6 is 0 Å². The first kappa shape index (κ1) is 18.7. The van der Waals surface area contributed by atoms with Crippen LogP contribution < -0.4 is 11.1 Å². The zero-order valence-electron chi connectivity index (χ0n) is 13.8. The van der Waals surface area contributed by atoms with Gasteiger partial charge in [0.15, 0.2) is 0 Å². The molecule has 1 aliphatic rings. The number of ether oxygens (including phenoxy) is 1. The van der Waals surface area contributed by atoms with Gasteiger partial charge in [0.05, 0.1) is 11.7 Å². The van der Waals surface area contributed by atoms with Crippen molar-refractivity contribution in [3.63, 3.8) is 0 Å². The van der Waals surface area contributed by atoms with Crippen molar-refractivity contribution in [2.24, 2.45) is 5.73 Å². The number of carbonyl (C=O) groups excluding carboxylic acids is 1. The molecule has 1 amide bonds. The number of carbonyl (C=O) groups is 1. The Labute approximate surface area is 139 Å². The van der Waals surface area contributed by atoms with E-state index in [0.717, 1.165) is 18.6 Å². The first-order valence-corrected chi connectivity index (χ1v) is 7.94. The zero-order valence-corrected chi connectivity index (χ0v) is 13.8. The van der Waals surface area contributed by atoms with Gasteiger partial charge in [0.2, 0.25) is 5.91 Å². The van der Waals surface area contributed by atoms with Crippen LogP contribution in [0, 0.1) is 0 Å². The highest BCUT2D eigenvalue weighted by Gasteiger charge is 2.33. The molecule has 0 aliphatic carbocycles. The summed E-state index contributed by atoms with van der Waals surface area (Å²) < 4.78 is 44.1. The van der Waals surface area contributed by atoms with Crippen molar-refractivity contribution < 1.29 is 22.7 Å². The number of halogens is 3. The maximum atomic E-state index is 12.8. The molecule has 24 heavy (non-hydrogen) atoms. The minimum atomic E-state index is -4.38. The normalized spacial score (nSPS) is 21.8. The first-order chi connectivity index (χ1) is 11.1. The molecule has 2 rings (SSSR count). The molecule has 3 N–H and O–H groups in total. The van der Waals surface area contributed by atoms with Crippen LogP contribution in [-0.2, 0) is 21.1 Å². The molecule has 0 bridgehead atoms. The molecule has 1 heterocycles. The van der Waals surface area contributed by atoms with Crippen molar-refractivity contribution in [2.75, 3.05) is 13.1 Å². The molecule has 1 aromatic carbocycles. The van der Waals surface area contributed by atoms with Gasteiger partial charge in [-0.15, -0.1) is 0 Å². The molecule has 0 unspecified atom stereocenters. The smallest absolute Gasteiger partial charge is 0.364 e. The van der Waals surface area contributed by atoms with Gasteiger partial charge in [-0.1, -0.05) is 32.0 Å². The number of hydrogen-bond acceptors (Lipinski definition) is 3.